The first-order chi connectivity index (χ1) is 17.1. The number of nitrogens with zero attached hydrogens (tertiary/aromatic N) is 1. The minimum Gasteiger partial charge on any atom is -0.379 e. The monoisotopic (exact) mass is 508 g/mol. The van der Waals surface area contributed by atoms with Gasteiger partial charge in [-0.25, -0.2) is 0 Å². The SMILES string of the molecule is CCOC1COCCC1N[C@@H]1CC[C@@](C(=O)N2CC=C(c3cccc(C(F)(F)F)c3)CC2)(C(C)C)C1. The summed E-state index contributed by atoms with van der Waals surface area (Å²) in [4.78, 5) is 15.8. The van der Waals surface area contributed by atoms with Crippen LogP contribution < -0.4 is 5.32 Å². The topological polar surface area (TPSA) is 50.8 Å². The third-order valence-corrected chi connectivity index (χ3v) is 8.27. The molecule has 0 spiro atoms. The molecule has 0 aromatic heterocycles. The number of nitrogens with one attached hydrogen (secondary N) is 1. The summed E-state index contributed by atoms with van der Waals surface area (Å²) in [5.41, 5.74) is 0.391. The van der Waals surface area contributed by atoms with Crippen LogP contribution in [0.25, 0.3) is 5.57 Å². The molecule has 0 radical (unpaired) electrons. The van der Waals surface area contributed by atoms with Crippen molar-refractivity contribution in [2.75, 3.05) is 32.9 Å². The second-order valence-corrected chi connectivity index (χ2v) is 10.7. The van der Waals surface area contributed by atoms with Crippen molar-refractivity contribution in [2.45, 2.75) is 77.2 Å². The van der Waals surface area contributed by atoms with Crippen LogP contribution in [0.3, 0.4) is 0 Å². The van der Waals surface area contributed by atoms with Gasteiger partial charge in [-0.2, -0.15) is 13.2 Å². The highest BCUT2D eigenvalue weighted by Crippen LogP contribution is 2.46. The minimum atomic E-state index is -4.36. The van der Waals surface area contributed by atoms with E-state index in [1.54, 1.807) is 6.07 Å². The summed E-state index contributed by atoms with van der Waals surface area (Å²) in [7, 11) is 0. The molecule has 1 saturated carbocycles. The molecule has 5 nitrogen and oxygen atoms in total. The van der Waals surface area contributed by atoms with E-state index in [0.717, 1.165) is 43.9 Å². The van der Waals surface area contributed by atoms with E-state index in [1.165, 1.54) is 12.1 Å². The molecule has 1 amide bonds. The first kappa shape index (κ1) is 27.1. The molecule has 2 aliphatic heterocycles. The predicted molar refractivity (Wildman–Crippen MR) is 133 cm³/mol. The lowest BCUT2D eigenvalue weighted by Gasteiger charge is -2.39. The fraction of sp³-hybridized carbons (Fsp3) is 0.679. The van der Waals surface area contributed by atoms with Crippen LogP contribution in [0.15, 0.2) is 30.3 Å². The summed E-state index contributed by atoms with van der Waals surface area (Å²) in [6.45, 7) is 9.18. The summed E-state index contributed by atoms with van der Waals surface area (Å²) in [6, 6.07) is 5.95. The van der Waals surface area contributed by atoms with Gasteiger partial charge < -0.3 is 19.7 Å². The predicted octanol–water partition coefficient (Wildman–Crippen LogP) is 5.30. The van der Waals surface area contributed by atoms with Gasteiger partial charge in [0.15, 0.2) is 0 Å². The van der Waals surface area contributed by atoms with Gasteiger partial charge in [0.2, 0.25) is 5.91 Å². The number of rotatable bonds is 7. The number of hydrogen-bond donors (Lipinski definition) is 1. The molecule has 1 N–H and O–H groups in total. The molecule has 4 atom stereocenters. The Labute approximate surface area is 212 Å². The van der Waals surface area contributed by atoms with Gasteiger partial charge >= 0.3 is 6.18 Å². The number of halogens is 3. The van der Waals surface area contributed by atoms with Crippen molar-refractivity contribution in [1.29, 1.82) is 0 Å². The maximum absolute atomic E-state index is 13.9. The summed E-state index contributed by atoms with van der Waals surface area (Å²) in [5.74, 6) is 0.373. The molecule has 0 bridgehead atoms. The molecule has 1 aromatic rings. The molecule has 8 heteroatoms. The van der Waals surface area contributed by atoms with Crippen molar-refractivity contribution in [3.8, 4) is 0 Å². The van der Waals surface area contributed by atoms with Crippen molar-refractivity contribution in [2.24, 2.45) is 11.3 Å². The molecule has 2 unspecified atom stereocenters. The van der Waals surface area contributed by atoms with E-state index in [-0.39, 0.29) is 30.0 Å². The van der Waals surface area contributed by atoms with E-state index in [0.29, 0.717) is 38.3 Å². The molecule has 1 aliphatic carbocycles. The van der Waals surface area contributed by atoms with E-state index in [9.17, 15) is 18.0 Å². The third-order valence-electron chi connectivity index (χ3n) is 8.27. The summed E-state index contributed by atoms with van der Waals surface area (Å²) >= 11 is 0. The molecule has 36 heavy (non-hydrogen) atoms. The minimum absolute atomic E-state index is 0.0370. The van der Waals surface area contributed by atoms with E-state index < -0.39 is 17.2 Å². The Morgan fingerprint density at radius 1 is 1.31 bits per heavy atom. The molecule has 200 valence electrons. The number of alkyl halides is 3. The van der Waals surface area contributed by atoms with E-state index >= 15 is 0 Å². The number of amides is 1. The molecule has 4 rings (SSSR count). The highest BCUT2D eigenvalue weighted by atomic mass is 19.4. The van der Waals surface area contributed by atoms with Crippen LogP contribution >= 0.6 is 0 Å². The van der Waals surface area contributed by atoms with Crippen LogP contribution in [0.4, 0.5) is 13.2 Å². The quantitative estimate of drug-likeness (QED) is 0.543. The standard InChI is InChI=1S/C28H39F3N2O3/c1-4-36-25-18-35-15-11-24(25)32-23-8-12-27(17-23,19(2)3)26(34)33-13-9-20(10-14-33)21-6-5-7-22(16-21)28(29,30)31/h5-7,9,16,19,23-25,32H,4,8,10-15,17-18H2,1-3H3/t23-,24?,25?,27+/m1/s1. The number of ether oxygens (including phenoxy) is 2. The van der Waals surface area contributed by atoms with Gasteiger partial charge in [0, 0.05) is 38.4 Å². The van der Waals surface area contributed by atoms with Crippen LogP contribution in [-0.2, 0) is 20.4 Å². The largest absolute Gasteiger partial charge is 0.416 e. The fourth-order valence-electron chi connectivity index (χ4n) is 6.09. The Balaban J connectivity index is 1.42. The average molecular weight is 509 g/mol. The Morgan fingerprint density at radius 3 is 2.78 bits per heavy atom. The zero-order chi connectivity index (χ0) is 25.9. The van der Waals surface area contributed by atoms with Gasteiger partial charge in [0.05, 0.1) is 23.7 Å². The zero-order valence-corrected chi connectivity index (χ0v) is 21.6. The lowest BCUT2D eigenvalue weighted by Crippen LogP contribution is -2.52. The van der Waals surface area contributed by atoms with Crippen molar-refractivity contribution < 1.29 is 27.4 Å². The van der Waals surface area contributed by atoms with Gasteiger partial charge in [0.25, 0.3) is 0 Å². The third kappa shape index (κ3) is 5.81. The highest BCUT2D eigenvalue weighted by molar-refractivity contribution is 5.84. The van der Waals surface area contributed by atoms with Crippen LogP contribution in [0.5, 0.6) is 0 Å². The molecular weight excluding hydrogens is 469 g/mol. The average Bonchev–Trinajstić information content (AvgIpc) is 3.30. The van der Waals surface area contributed by atoms with Gasteiger partial charge in [0.1, 0.15) is 0 Å². The Bertz CT molecular complexity index is 946. The normalized spacial score (nSPS) is 29.5. The van der Waals surface area contributed by atoms with Crippen LogP contribution in [0, 0.1) is 11.3 Å². The van der Waals surface area contributed by atoms with Crippen LogP contribution in [0.1, 0.15) is 64.0 Å². The maximum atomic E-state index is 13.9. The number of carbonyl (C=O) groups excluding carboxylic acids is 1. The Kier molecular flexibility index (Phi) is 8.47. The highest BCUT2D eigenvalue weighted by Gasteiger charge is 2.50. The van der Waals surface area contributed by atoms with E-state index in [2.05, 4.69) is 19.2 Å². The van der Waals surface area contributed by atoms with E-state index in [4.69, 9.17) is 9.47 Å². The van der Waals surface area contributed by atoms with Crippen molar-refractivity contribution >= 4 is 11.5 Å². The first-order valence-corrected chi connectivity index (χ1v) is 13.3. The maximum Gasteiger partial charge on any atom is 0.416 e. The smallest absolute Gasteiger partial charge is 0.379 e. The Hall–Kier alpha value is -1.90. The molecular formula is C28H39F3N2O3. The van der Waals surface area contributed by atoms with Gasteiger partial charge in [-0.3, -0.25) is 4.79 Å². The molecule has 3 aliphatic rings. The van der Waals surface area contributed by atoms with Gasteiger partial charge in [-0.05, 0) is 68.2 Å². The van der Waals surface area contributed by atoms with Crippen molar-refractivity contribution in [3.05, 3.63) is 41.5 Å². The molecule has 2 heterocycles. The number of hydrogen-bond acceptors (Lipinski definition) is 4. The van der Waals surface area contributed by atoms with Crippen molar-refractivity contribution in [1.82, 2.24) is 10.2 Å². The Morgan fingerprint density at radius 2 is 2.11 bits per heavy atom. The second-order valence-electron chi connectivity index (χ2n) is 10.7. The van der Waals surface area contributed by atoms with Gasteiger partial charge in [-0.15, -0.1) is 0 Å². The lowest BCUT2D eigenvalue weighted by molar-refractivity contribution is -0.144. The number of carbonyl (C=O) groups is 1. The number of benzene rings is 1. The van der Waals surface area contributed by atoms with Gasteiger partial charge in [-0.1, -0.05) is 32.1 Å². The molecule has 1 saturated heterocycles. The summed E-state index contributed by atoms with van der Waals surface area (Å²) in [5, 5.41) is 3.79. The van der Waals surface area contributed by atoms with E-state index in [1.807, 2.05) is 17.9 Å². The second kappa shape index (κ2) is 11.2. The first-order valence-electron chi connectivity index (χ1n) is 13.3. The van der Waals surface area contributed by atoms with Crippen molar-refractivity contribution in [3.63, 3.8) is 0 Å². The molecule has 1 aromatic carbocycles. The van der Waals surface area contributed by atoms with Crippen LogP contribution in [-0.4, -0.2) is 61.9 Å². The molecule has 2 fully saturated rings. The summed E-state index contributed by atoms with van der Waals surface area (Å²) in [6.07, 6.45) is 1.63. The lowest BCUT2D eigenvalue weighted by atomic mass is 9.74. The fourth-order valence-corrected chi connectivity index (χ4v) is 6.09. The zero-order valence-electron chi connectivity index (χ0n) is 21.6. The summed E-state index contributed by atoms with van der Waals surface area (Å²) < 4.78 is 50.9. The van der Waals surface area contributed by atoms with Crippen LogP contribution in [0.2, 0.25) is 0 Å².